The Morgan fingerprint density at radius 1 is 0.871 bits per heavy atom. The quantitative estimate of drug-likeness (QED) is 0.341. The van der Waals surface area contributed by atoms with E-state index in [4.69, 9.17) is 4.74 Å². The molecule has 1 aromatic heterocycles. The number of esters is 1. The van der Waals surface area contributed by atoms with Gasteiger partial charge in [0.25, 0.3) is 0 Å². The monoisotopic (exact) mass is 428 g/mol. The maximum absolute atomic E-state index is 13.0. The Morgan fingerprint density at radius 2 is 1.48 bits per heavy atom. The molecule has 4 heteroatoms. The van der Waals surface area contributed by atoms with E-state index in [-0.39, 0.29) is 17.9 Å². The number of ether oxygens (including phenoxy) is 1. The summed E-state index contributed by atoms with van der Waals surface area (Å²) < 4.78 is 5.34. The van der Waals surface area contributed by atoms with Crippen LogP contribution in [0.1, 0.15) is 27.0 Å². The second-order valence-electron chi connectivity index (χ2n) is 7.35. The van der Waals surface area contributed by atoms with Crippen molar-refractivity contribution in [1.82, 2.24) is 0 Å². The second kappa shape index (κ2) is 8.78. The lowest BCUT2D eigenvalue weighted by Gasteiger charge is -2.19. The van der Waals surface area contributed by atoms with Crippen molar-refractivity contribution < 1.29 is 14.6 Å². The largest absolute Gasteiger partial charge is 0.506 e. The van der Waals surface area contributed by atoms with Crippen LogP contribution < -0.4 is 0 Å². The molecule has 0 aliphatic carbocycles. The lowest BCUT2D eigenvalue weighted by molar-refractivity contribution is 0.0524. The highest BCUT2D eigenvalue weighted by molar-refractivity contribution is 7.12. The van der Waals surface area contributed by atoms with Crippen LogP contribution in [-0.2, 0) is 4.74 Å². The molecule has 156 valence electrons. The summed E-state index contributed by atoms with van der Waals surface area (Å²) in [6.07, 6.45) is 0. The van der Waals surface area contributed by atoms with Crippen molar-refractivity contribution in [2.75, 3.05) is 6.61 Å². The molecule has 0 radical (unpaired) electrons. The predicted octanol–water partition coefficient (Wildman–Crippen LogP) is 7.25. The van der Waals surface area contributed by atoms with Crippen molar-refractivity contribution in [3.05, 3.63) is 88.1 Å². The number of rotatable bonds is 5. The summed E-state index contributed by atoms with van der Waals surface area (Å²) in [5.41, 5.74) is 5.16. The molecule has 4 rings (SSSR count). The van der Waals surface area contributed by atoms with Crippen molar-refractivity contribution in [1.29, 1.82) is 0 Å². The number of aryl methyl sites for hydroxylation is 2. The molecule has 0 atom stereocenters. The van der Waals surface area contributed by atoms with Crippen LogP contribution in [0.4, 0.5) is 0 Å². The van der Waals surface area contributed by atoms with Gasteiger partial charge in [0, 0.05) is 20.9 Å². The number of hydrogen-bond acceptors (Lipinski definition) is 4. The maximum Gasteiger partial charge on any atom is 0.342 e. The highest BCUT2D eigenvalue weighted by Crippen LogP contribution is 2.47. The van der Waals surface area contributed by atoms with Crippen LogP contribution in [0.15, 0.2) is 72.8 Å². The van der Waals surface area contributed by atoms with Crippen molar-refractivity contribution >= 4 is 17.3 Å². The number of thiophene rings is 1. The van der Waals surface area contributed by atoms with E-state index in [1.807, 2.05) is 66.7 Å². The highest BCUT2D eigenvalue weighted by atomic mass is 32.1. The molecule has 0 aliphatic rings. The van der Waals surface area contributed by atoms with Gasteiger partial charge in [-0.2, -0.15) is 0 Å². The minimum Gasteiger partial charge on any atom is -0.506 e. The zero-order valence-electron chi connectivity index (χ0n) is 17.8. The fourth-order valence-corrected chi connectivity index (χ4v) is 4.87. The predicted molar refractivity (Wildman–Crippen MR) is 128 cm³/mol. The van der Waals surface area contributed by atoms with Gasteiger partial charge in [0.2, 0.25) is 0 Å². The zero-order valence-corrected chi connectivity index (χ0v) is 18.6. The maximum atomic E-state index is 13.0. The fraction of sp³-hybridized carbons (Fsp3) is 0.148. The van der Waals surface area contributed by atoms with Crippen molar-refractivity contribution in [3.63, 3.8) is 0 Å². The molecule has 0 saturated carbocycles. The van der Waals surface area contributed by atoms with E-state index in [9.17, 15) is 9.90 Å². The normalized spacial score (nSPS) is 10.8. The molecule has 0 fully saturated rings. The van der Waals surface area contributed by atoms with Gasteiger partial charge >= 0.3 is 5.97 Å². The van der Waals surface area contributed by atoms with E-state index in [1.165, 1.54) is 4.88 Å². The van der Waals surface area contributed by atoms with Gasteiger partial charge in [-0.3, -0.25) is 0 Å². The molecule has 1 heterocycles. The first-order valence-electron chi connectivity index (χ1n) is 10.3. The van der Waals surface area contributed by atoms with Crippen LogP contribution in [0.5, 0.6) is 5.75 Å². The molecule has 0 saturated heterocycles. The van der Waals surface area contributed by atoms with Crippen LogP contribution in [0, 0.1) is 13.8 Å². The first-order chi connectivity index (χ1) is 15.0. The number of phenolic OH excluding ortho intramolecular Hbond substituents is 1. The molecular formula is C27H24O3S. The molecule has 3 aromatic carbocycles. The number of carbonyl (C=O) groups excluding carboxylic acids is 1. The number of phenols is 1. The Bertz CT molecular complexity index is 1220. The SMILES string of the molecule is CCOC(=O)c1c(-c2ccccc2)cc(-c2cc(C)sc2C)c(-c2ccccc2)c1O. The van der Waals surface area contributed by atoms with E-state index in [0.717, 1.165) is 27.1 Å². The molecule has 0 aliphatic heterocycles. The van der Waals surface area contributed by atoms with Crippen molar-refractivity contribution in [2.45, 2.75) is 20.8 Å². The van der Waals surface area contributed by atoms with E-state index >= 15 is 0 Å². The smallest absolute Gasteiger partial charge is 0.342 e. The summed E-state index contributed by atoms with van der Waals surface area (Å²) in [6, 6.07) is 23.5. The van der Waals surface area contributed by atoms with Gasteiger partial charge in [-0.1, -0.05) is 60.7 Å². The molecule has 0 bridgehead atoms. The zero-order chi connectivity index (χ0) is 22.0. The number of benzene rings is 3. The Kier molecular flexibility index (Phi) is 5.92. The molecule has 0 unspecified atom stereocenters. The number of aromatic hydroxyl groups is 1. The van der Waals surface area contributed by atoms with E-state index in [2.05, 4.69) is 19.9 Å². The Balaban J connectivity index is 2.12. The van der Waals surface area contributed by atoms with Gasteiger partial charge in [0.05, 0.1) is 6.61 Å². The number of carbonyl (C=O) groups is 1. The lowest BCUT2D eigenvalue weighted by Crippen LogP contribution is -2.08. The van der Waals surface area contributed by atoms with Gasteiger partial charge in [-0.15, -0.1) is 11.3 Å². The summed E-state index contributed by atoms with van der Waals surface area (Å²) in [4.78, 5) is 15.3. The topological polar surface area (TPSA) is 46.5 Å². The molecule has 0 spiro atoms. The average Bonchev–Trinajstić information content (AvgIpc) is 3.12. The summed E-state index contributed by atoms with van der Waals surface area (Å²) in [5.74, 6) is -0.579. The van der Waals surface area contributed by atoms with E-state index in [1.54, 1.807) is 18.3 Å². The fourth-order valence-electron chi connectivity index (χ4n) is 3.93. The van der Waals surface area contributed by atoms with Crippen LogP contribution in [-0.4, -0.2) is 17.7 Å². The number of hydrogen-bond donors (Lipinski definition) is 1. The van der Waals surface area contributed by atoms with Gasteiger partial charge in [0.15, 0.2) is 0 Å². The van der Waals surface area contributed by atoms with Crippen molar-refractivity contribution in [2.24, 2.45) is 0 Å². The summed E-state index contributed by atoms with van der Waals surface area (Å²) in [6.45, 7) is 6.16. The first kappa shape index (κ1) is 20.9. The molecule has 1 N–H and O–H groups in total. The van der Waals surface area contributed by atoms with Crippen molar-refractivity contribution in [3.8, 4) is 39.1 Å². The first-order valence-corrected chi connectivity index (χ1v) is 11.1. The summed E-state index contributed by atoms with van der Waals surface area (Å²) in [7, 11) is 0. The van der Waals surface area contributed by atoms with Crippen LogP contribution in [0.3, 0.4) is 0 Å². The second-order valence-corrected chi connectivity index (χ2v) is 8.81. The van der Waals surface area contributed by atoms with E-state index < -0.39 is 5.97 Å². The van der Waals surface area contributed by atoms with Gasteiger partial charge in [0.1, 0.15) is 11.3 Å². The van der Waals surface area contributed by atoms with Crippen LogP contribution >= 0.6 is 11.3 Å². The third kappa shape index (κ3) is 3.99. The lowest BCUT2D eigenvalue weighted by atomic mass is 9.86. The third-order valence-corrected chi connectivity index (χ3v) is 6.22. The molecule has 0 amide bonds. The third-order valence-electron chi connectivity index (χ3n) is 5.26. The average molecular weight is 429 g/mol. The Morgan fingerprint density at radius 3 is 2.03 bits per heavy atom. The molecule has 31 heavy (non-hydrogen) atoms. The minimum absolute atomic E-state index is 0.0516. The minimum atomic E-state index is -0.527. The Hall–Kier alpha value is -3.37. The molecular weight excluding hydrogens is 404 g/mol. The van der Waals surface area contributed by atoms with E-state index in [0.29, 0.717) is 11.1 Å². The van der Waals surface area contributed by atoms with Gasteiger partial charge in [-0.25, -0.2) is 4.79 Å². The molecule has 3 nitrogen and oxygen atoms in total. The van der Waals surface area contributed by atoms with Crippen LogP contribution in [0.2, 0.25) is 0 Å². The van der Waals surface area contributed by atoms with Gasteiger partial charge in [-0.05, 0) is 55.2 Å². The van der Waals surface area contributed by atoms with Gasteiger partial charge < -0.3 is 9.84 Å². The highest BCUT2D eigenvalue weighted by Gasteiger charge is 2.26. The molecule has 4 aromatic rings. The summed E-state index contributed by atoms with van der Waals surface area (Å²) >= 11 is 1.72. The Labute approximate surface area is 186 Å². The summed E-state index contributed by atoms with van der Waals surface area (Å²) in [5, 5.41) is 11.5. The van der Waals surface area contributed by atoms with Crippen LogP contribution in [0.25, 0.3) is 33.4 Å². The standard InChI is InChI=1S/C27H24O3S/c1-4-30-27(29)25-22(19-11-7-5-8-12-19)16-23(21-15-17(2)31-18(21)3)24(26(25)28)20-13-9-6-10-14-20/h5-16,28H,4H2,1-3H3.